The molecule has 180 valence electrons. The molecule has 0 bridgehead atoms. The number of ether oxygens (including phenoxy) is 1. The topological polar surface area (TPSA) is 91.1 Å². The van der Waals surface area contributed by atoms with Gasteiger partial charge in [0, 0.05) is 55.8 Å². The molecular formula is C24H39BrN4O3. The van der Waals surface area contributed by atoms with E-state index in [-0.39, 0.29) is 18.1 Å². The van der Waals surface area contributed by atoms with Crippen molar-refractivity contribution in [2.45, 2.75) is 57.5 Å². The maximum absolute atomic E-state index is 12.7. The molecule has 0 unspecified atom stereocenters. The Bertz CT molecular complexity index is 747. The van der Waals surface area contributed by atoms with E-state index in [1.54, 1.807) is 6.07 Å². The first kappa shape index (κ1) is 25.4. The third-order valence-electron chi connectivity index (χ3n) is 7.11. The third-order valence-corrected chi connectivity index (χ3v) is 7.77. The van der Waals surface area contributed by atoms with Gasteiger partial charge in [-0.05, 0) is 52.9 Å². The lowest BCUT2D eigenvalue weighted by atomic mass is 9.79. The van der Waals surface area contributed by atoms with Crippen LogP contribution in [0.1, 0.15) is 61.4 Å². The van der Waals surface area contributed by atoms with Gasteiger partial charge in [0.2, 0.25) is 0 Å². The number of β-amino-alcohol motifs (C(OH)–C–C–N with tert-alkyl or cyclic N) is 1. The zero-order valence-corrected chi connectivity index (χ0v) is 21.0. The lowest BCUT2D eigenvalue weighted by Gasteiger charge is -2.38. The summed E-state index contributed by atoms with van der Waals surface area (Å²) in [6.07, 6.45) is 7.34. The van der Waals surface area contributed by atoms with E-state index in [0.29, 0.717) is 24.4 Å². The number of halogens is 1. The minimum absolute atomic E-state index is 0.175. The molecule has 0 radical (unpaired) electrons. The number of nitrogens with two attached hydrogens (primary N) is 1. The zero-order chi connectivity index (χ0) is 23.0. The minimum atomic E-state index is -0.311. The molecule has 0 aromatic heterocycles. The highest BCUT2D eigenvalue weighted by molar-refractivity contribution is 9.10. The Kier molecular flexibility index (Phi) is 9.79. The number of esters is 1. The molecule has 1 heterocycles. The van der Waals surface area contributed by atoms with E-state index >= 15 is 0 Å². The van der Waals surface area contributed by atoms with E-state index in [0.717, 1.165) is 55.7 Å². The predicted molar refractivity (Wildman–Crippen MR) is 132 cm³/mol. The minimum Gasteiger partial charge on any atom is -0.461 e. The van der Waals surface area contributed by atoms with Crippen LogP contribution in [-0.4, -0.2) is 78.9 Å². The van der Waals surface area contributed by atoms with Crippen molar-refractivity contribution in [2.24, 2.45) is 0 Å². The van der Waals surface area contributed by atoms with Gasteiger partial charge in [0.1, 0.15) is 6.61 Å². The highest BCUT2D eigenvalue weighted by Gasteiger charge is 2.29. The summed E-state index contributed by atoms with van der Waals surface area (Å²) in [6, 6.07) is 3.63. The summed E-state index contributed by atoms with van der Waals surface area (Å²) in [5.41, 5.74) is 8.64. The van der Waals surface area contributed by atoms with Gasteiger partial charge in [-0.15, -0.1) is 0 Å². The fourth-order valence-corrected chi connectivity index (χ4v) is 5.34. The fraction of sp³-hybridized carbons (Fsp3) is 0.708. The number of carbonyl (C=O) groups excluding carboxylic acids is 1. The number of hydrogen-bond acceptors (Lipinski definition) is 7. The van der Waals surface area contributed by atoms with Crippen LogP contribution in [0.25, 0.3) is 0 Å². The number of aliphatic hydroxyl groups is 1. The lowest BCUT2D eigenvalue weighted by molar-refractivity contribution is 0.0414. The van der Waals surface area contributed by atoms with Crippen LogP contribution in [-0.2, 0) is 11.3 Å². The van der Waals surface area contributed by atoms with E-state index in [4.69, 9.17) is 15.6 Å². The van der Waals surface area contributed by atoms with Crippen molar-refractivity contribution in [3.05, 3.63) is 27.7 Å². The Morgan fingerprint density at radius 1 is 1.16 bits per heavy atom. The Labute approximate surface area is 200 Å². The number of nitrogens with zero attached hydrogens (tertiary/aromatic N) is 2. The van der Waals surface area contributed by atoms with Crippen LogP contribution in [0.2, 0.25) is 0 Å². The van der Waals surface area contributed by atoms with Gasteiger partial charge in [-0.3, -0.25) is 9.80 Å². The average molecular weight is 512 g/mol. The smallest absolute Gasteiger partial charge is 0.338 e. The average Bonchev–Trinajstić information content (AvgIpc) is 2.81. The fourth-order valence-electron chi connectivity index (χ4n) is 4.83. The van der Waals surface area contributed by atoms with Crippen LogP contribution < -0.4 is 11.1 Å². The number of rotatable bonds is 10. The van der Waals surface area contributed by atoms with Gasteiger partial charge in [-0.2, -0.15) is 0 Å². The highest BCUT2D eigenvalue weighted by Crippen LogP contribution is 2.32. The summed E-state index contributed by atoms with van der Waals surface area (Å²) in [5.74, 6) is -0.311. The van der Waals surface area contributed by atoms with E-state index in [9.17, 15) is 4.79 Å². The SMILES string of the molecule is CCC1(NCc2cc(C(=O)OCCN3CCN(CCO)CC3)cc(Br)c2N)CCCCC1. The summed E-state index contributed by atoms with van der Waals surface area (Å²) < 4.78 is 6.31. The molecular weight excluding hydrogens is 472 g/mol. The molecule has 1 aromatic carbocycles. The number of carbonyl (C=O) groups is 1. The lowest BCUT2D eigenvalue weighted by Crippen LogP contribution is -2.48. The van der Waals surface area contributed by atoms with Crippen molar-refractivity contribution < 1.29 is 14.6 Å². The molecule has 7 nitrogen and oxygen atoms in total. The van der Waals surface area contributed by atoms with Gasteiger partial charge < -0.3 is 20.9 Å². The first-order chi connectivity index (χ1) is 15.5. The molecule has 1 aliphatic carbocycles. The number of anilines is 1. The van der Waals surface area contributed by atoms with Gasteiger partial charge in [-0.1, -0.05) is 26.2 Å². The third kappa shape index (κ3) is 6.90. The largest absolute Gasteiger partial charge is 0.461 e. The molecule has 1 aromatic rings. The number of nitrogens with one attached hydrogen (secondary N) is 1. The van der Waals surface area contributed by atoms with Crippen molar-refractivity contribution in [2.75, 3.05) is 58.2 Å². The molecule has 0 atom stereocenters. The Morgan fingerprint density at radius 2 is 1.81 bits per heavy atom. The summed E-state index contributed by atoms with van der Waals surface area (Å²) in [4.78, 5) is 17.3. The van der Waals surface area contributed by atoms with Crippen molar-refractivity contribution in [3.63, 3.8) is 0 Å². The molecule has 0 spiro atoms. The van der Waals surface area contributed by atoms with Crippen LogP contribution in [0.15, 0.2) is 16.6 Å². The summed E-state index contributed by atoms with van der Waals surface area (Å²) >= 11 is 3.52. The number of hydrogen-bond donors (Lipinski definition) is 3. The maximum Gasteiger partial charge on any atom is 0.338 e. The second-order valence-corrected chi connectivity index (χ2v) is 9.98. The summed E-state index contributed by atoms with van der Waals surface area (Å²) in [6.45, 7) is 8.66. The molecule has 1 aliphatic heterocycles. The first-order valence-corrected chi connectivity index (χ1v) is 12.8. The van der Waals surface area contributed by atoms with Crippen molar-refractivity contribution in [1.29, 1.82) is 0 Å². The Balaban J connectivity index is 1.52. The van der Waals surface area contributed by atoms with Crippen LogP contribution in [0, 0.1) is 0 Å². The van der Waals surface area contributed by atoms with Gasteiger partial charge in [-0.25, -0.2) is 4.79 Å². The molecule has 8 heteroatoms. The number of nitrogen functional groups attached to an aromatic ring is 1. The number of benzene rings is 1. The maximum atomic E-state index is 12.7. The van der Waals surface area contributed by atoms with E-state index < -0.39 is 0 Å². The first-order valence-electron chi connectivity index (χ1n) is 12.0. The summed E-state index contributed by atoms with van der Waals surface area (Å²) in [5, 5.41) is 12.8. The number of piperazine rings is 1. The van der Waals surface area contributed by atoms with E-state index in [1.165, 1.54) is 32.1 Å². The normalized spacial score (nSPS) is 19.7. The predicted octanol–water partition coefficient (Wildman–Crippen LogP) is 3.00. The monoisotopic (exact) mass is 510 g/mol. The second kappa shape index (κ2) is 12.3. The van der Waals surface area contributed by atoms with Crippen molar-refractivity contribution in [1.82, 2.24) is 15.1 Å². The van der Waals surface area contributed by atoms with Gasteiger partial charge in [0.25, 0.3) is 0 Å². The quantitative estimate of drug-likeness (QED) is 0.329. The van der Waals surface area contributed by atoms with Crippen molar-refractivity contribution >= 4 is 27.6 Å². The molecule has 3 rings (SSSR count). The molecule has 1 saturated carbocycles. The Morgan fingerprint density at radius 3 is 2.44 bits per heavy atom. The van der Waals surface area contributed by atoms with Crippen LogP contribution in [0.5, 0.6) is 0 Å². The number of aliphatic hydroxyl groups excluding tert-OH is 1. The van der Waals surface area contributed by atoms with Crippen LogP contribution >= 0.6 is 15.9 Å². The zero-order valence-electron chi connectivity index (χ0n) is 19.4. The van der Waals surface area contributed by atoms with E-state index in [2.05, 4.69) is 38.0 Å². The molecule has 2 fully saturated rings. The summed E-state index contributed by atoms with van der Waals surface area (Å²) in [7, 11) is 0. The van der Waals surface area contributed by atoms with Crippen LogP contribution in [0.4, 0.5) is 5.69 Å². The van der Waals surface area contributed by atoms with E-state index in [1.807, 2.05) is 6.07 Å². The molecule has 32 heavy (non-hydrogen) atoms. The molecule has 2 aliphatic rings. The van der Waals surface area contributed by atoms with Crippen molar-refractivity contribution in [3.8, 4) is 0 Å². The Hall–Kier alpha value is -1.19. The second-order valence-electron chi connectivity index (χ2n) is 9.12. The van der Waals surface area contributed by atoms with Gasteiger partial charge in [0.15, 0.2) is 0 Å². The van der Waals surface area contributed by atoms with Gasteiger partial charge in [0.05, 0.1) is 17.9 Å². The van der Waals surface area contributed by atoms with Crippen LogP contribution in [0.3, 0.4) is 0 Å². The standard InChI is InChI=1S/C24H39BrN4O3/c1-2-24(6-4-3-5-7-24)27-18-20-16-19(17-21(25)22(20)26)23(31)32-15-13-29-10-8-28(9-11-29)12-14-30/h16-17,27,30H,2-15,18,26H2,1H3. The molecule has 0 amide bonds. The highest BCUT2D eigenvalue weighted by atomic mass is 79.9. The molecule has 1 saturated heterocycles. The van der Waals surface area contributed by atoms with Gasteiger partial charge >= 0.3 is 5.97 Å². The molecule has 4 N–H and O–H groups in total.